The fourth-order valence-electron chi connectivity index (χ4n) is 4.50. The molecule has 0 aliphatic carbocycles. The molecule has 1 aliphatic rings. The third kappa shape index (κ3) is 6.02. The van der Waals surface area contributed by atoms with Crippen molar-refractivity contribution < 1.29 is 27.4 Å². The molecular weight excluding hydrogens is 494 g/mol. The Labute approximate surface area is 218 Å². The number of anilines is 2. The van der Waals surface area contributed by atoms with Gasteiger partial charge in [0.15, 0.2) is 5.75 Å². The number of hydrogen-bond acceptors (Lipinski definition) is 6. The number of methoxy groups -OCH3 is 1. The number of ether oxygens (including phenoxy) is 3. The molecular formula is C27H35N3O6S. The van der Waals surface area contributed by atoms with Gasteiger partial charge in [-0.3, -0.25) is 9.52 Å². The number of aromatic nitrogens is 1. The van der Waals surface area contributed by atoms with Crippen LogP contribution >= 0.6 is 0 Å². The zero-order valence-corrected chi connectivity index (χ0v) is 23.0. The Balaban J connectivity index is 1.72. The number of para-hydroxylation sites is 1. The molecule has 4 rings (SSSR count). The Bertz CT molecular complexity index is 1420. The van der Waals surface area contributed by atoms with E-state index >= 15 is 0 Å². The van der Waals surface area contributed by atoms with E-state index in [0.717, 1.165) is 41.3 Å². The summed E-state index contributed by atoms with van der Waals surface area (Å²) in [5.74, 6) is 0.595. The quantitative estimate of drug-likeness (QED) is 0.461. The molecule has 1 fully saturated rings. The van der Waals surface area contributed by atoms with Crippen molar-refractivity contribution in [1.82, 2.24) is 4.57 Å². The van der Waals surface area contributed by atoms with Gasteiger partial charge in [0.1, 0.15) is 17.5 Å². The third-order valence-corrected chi connectivity index (χ3v) is 7.01. The Morgan fingerprint density at radius 1 is 1.11 bits per heavy atom. The van der Waals surface area contributed by atoms with Gasteiger partial charge in [0.2, 0.25) is 10.0 Å². The fourth-order valence-corrected chi connectivity index (χ4v) is 5.05. The lowest BCUT2D eigenvalue weighted by molar-refractivity contribution is 0.0260. The topological polar surface area (TPSA) is 108 Å². The fraction of sp³-hybridized carbons (Fsp3) is 0.444. The number of rotatable bonds is 7. The van der Waals surface area contributed by atoms with Crippen molar-refractivity contribution in [3.8, 4) is 11.5 Å². The zero-order valence-electron chi connectivity index (χ0n) is 22.2. The maximum Gasteiger partial charge on any atom is 0.272 e. The molecule has 37 heavy (non-hydrogen) atoms. The Kier molecular flexibility index (Phi) is 7.43. The Hall–Kier alpha value is -3.24. The molecule has 1 saturated heterocycles. The molecule has 2 N–H and O–H groups in total. The summed E-state index contributed by atoms with van der Waals surface area (Å²) in [7, 11) is -0.316. The molecule has 0 unspecified atom stereocenters. The van der Waals surface area contributed by atoms with Gasteiger partial charge in [-0.2, -0.15) is 0 Å². The zero-order chi connectivity index (χ0) is 27.0. The van der Waals surface area contributed by atoms with Crippen LogP contribution in [0.2, 0.25) is 0 Å². The van der Waals surface area contributed by atoms with E-state index in [-0.39, 0.29) is 28.9 Å². The smallest absolute Gasteiger partial charge is 0.272 e. The summed E-state index contributed by atoms with van der Waals surface area (Å²) in [6, 6.07) is 11.1. The van der Waals surface area contributed by atoms with Gasteiger partial charge in [0.05, 0.1) is 43.5 Å². The van der Waals surface area contributed by atoms with Crippen LogP contribution in [0.3, 0.4) is 0 Å². The van der Waals surface area contributed by atoms with Crippen LogP contribution in [0.4, 0.5) is 11.4 Å². The van der Waals surface area contributed by atoms with Crippen molar-refractivity contribution in [2.75, 3.05) is 36.6 Å². The van der Waals surface area contributed by atoms with Gasteiger partial charge in [-0.05, 0) is 35.2 Å². The van der Waals surface area contributed by atoms with Crippen LogP contribution < -0.4 is 19.5 Å². The maximum atomic E-state index is 13.5. The minimum Gasteiger partial charge on any atom is -0.492 e. The molecule has 0 bridgehead atoms. The van der Waals surface area contributed by atoms with Gasteiger partial charge in [-0.25, -0.2) is 8.42 Å². The minimum absolute atomic E-state index is 0.0664. The molecule has 1 aromatic heterocycles. The molecule has 0 radical (unpaired) electrons. The third-order valence-electron chi connectivity index (χ3n) is 6.42. The summed E-state index contributed by atoms with van der Waals surface area (Å²) in [5.41, 5.74) is 2.41. The second kappa shape index (κ2) is 10.3. The van der Waals surface area contributed by atoms with E-state index in [1.54, 1.807) is 6.07 Å². The van der Waals surface area contributed by atoms with Gasteiger partial charge in [-0.1, -0.05) is 32.9 Å². The number of carbonyl (C=O) groups excluding carboxylic acids is 1. The Morgan fingerprint density at radius 2 is 1.78 bits per heavy atom. The molecule has 3 aromatic rings. The number of sulfonamides is 1. The summed E-state index contributed by atoms with van der Waals surface area (Å²) in [6.07, 6.45) is 2.78. The average Bonchev–Trinajstić information content (AvgIpc) is 3.15. The van der Waals surface area contributed by atoms with Crippen LogP contribution in [0.25, 0.3) is 10.9 Å². The van der Waals surface area contributed by atoms with Crippen LogP contribution in [0.5, 0.6) is 11.5 Å². The number of benzene rings is 2. The van der Waals surface area contributed by atoms with Crippen molar-refractivity contribution in [3.63, 3.8) is 0 Å². The number of hydrogen-bond donors (Lipinski definition) is 2. The number of carbonyl (C=O) groups is 1. The van der Waals surface area contributed by atoms with E-state index in [1.807, 2.05) is 62.7 Å². The molecule has 10 heteroatoms. The van der Waals surface area contributed by atoms with Crippen molar-refractivity contribution in [2.24, 2.45) is 7.05 Å². The molecule has 9 nitrogen and oxygen atoms in total. The normalized spacial score (nSPS) is 15.0. The van der Waals surface area contributed by atoms with Crippen molar-refractivity contribution in [2.45, 2.75) is 45.1 Å². The van der Waals surface area contributed by atoms with Crippen LogP contribution in [-0.2, 0) is 27.2 Å². The standard InChI is InChI=1S/C27H35N3O6S/c1-27(2,3)18-15-20(25(34-5)21(16-18)29-37(6,32)33)28-26(31)22-14-17-8-7-9-23(24(17)30(22)4)36-19-10-12-35-13-11-19/h7-9,14-16,19,29H,10-13H2,1-6H3,(H,28,31). The minimum atomic E-state index is -3.58. The van der Waals surface area contributed by atoms with Crippen LogP contribution in [-0.4, -0.2) is 51.6 Å². The number of nitrogens with one attached hydrogen (secondary N) is 2. The van der Waals surface area contributed by atoms with E-state index in [1.165, 1.54) is 7.11 Å². The van der Waals surface area contributed by atoms with Gasteiger partial charge in [-0.15, -0.1) is 0 Å². The lowest BCUT2D eigenvalue weighted by atomic mass is 9.86. The summed E-state index contributed by atoms with van der Waals surface area (Å²) in [5, 5.41) is 3.82. The Morgan fingerprint density at radius 3 is 2.41 bits per heavy atom. The second-order valence-corrected chi connectivity index (χ2v) is 12.1. The lowest BCUT2D eigenvalue weighted by Crippen LogP contribution is -2.26. The first-order valence-electron chi connectivity index (χ1n) is 12.2. The molecule has 200 valence electrons. The summed E-state index contributed by atoms with van der Waals surface area (Å²) in [4.78, 5) is 13.5. The monoisotopic (exact) mass is 529 g/mol. The number of fused-ring (bicyclic) bond motifs is 1. The molecule has 0 saturated carbocycles. The largest absolute Gasteiger partial charge is 0.492 e. The van der Waals surface area contributed by atoms with Crippen LogP contribution in [0, 0.1) is 0 Å². The first kappa shape index (κ1) is 26.8. The highest BCUT2D eigenvalue weighted by atomic mass is 32.2. The van der Waals surface area contributed by atoms with Crippen LogP contribution in [0.1, 0.15) is 49.7 Å². The highest BCUT2D eigenvalue weighted by molar-refractivity contribution is 7.92. The van der Waals surface area contributed by atoms with E-state index in [0.29, 0.717) is 24.6 Å². The van der Waals surface area contributed by atoms with E-state index in [9.17, 15) is 13.2 Å². The molecule has 1 aliphatic heterocycles. The van der Waals surface area contributed by atoms with E-state index in [4.69, 9.17) is 14.2 Å². The molecule has 2 heterocycles. The highest BCUT2D eigenvalue weighted by Crippen LogP contribution is 2.39. The first-order valence-corrected chi connectivity index (χ1v) is 14.1. The first-order chi connectivity index (χ1) is 17.4. The second-order valence-electron chi connectivity index (χ2n) is 10.4. The highest BCUT2D eigenvalue weighted by Gasteiger charge is 2.24. The summed E-state index contributed by atoms with van der Waals surface area (Å²) in [6.45, 7) is 7.37. The van der Waals surface area contributed by atoms with Gasteiger partial charge in [0, 0.05) is 25.3 Å². The summed E-state index contributed by atoms with van der Waals surface area (Å²) < 4.78 is 45.7. The number of nitrogens with zero attached hydrogens (tertiary/aromatic N) is 1. The maximum absolute atomic E-state index is 13.5. The van der Waals surface area contributed by atoms with Gasteiger partial charge >= 0.3 is 0 Å². The number of amides is 1. The molecule has 0 atom stereocenters. The SMILES string of the molecule is COc1c(NC(=O)c2cc3cccc(OC4CCOCC4)c3n2C)cc(C(C)(C)C)cc1NS(C)(=O)=O. The molecule has 2 aromatic carbocycles. The van der Waals surface area contributed by atoms with Gasteiger partial charge < -0.3 is 24.1 Å². The predicted molar refractivity (Wildman–Crippen MR) is 146 cm³/mol. The van der Waals surface area contributed by atoms with E-state index in [2.05, 4.69) is 10.0 Å². The van der Waals surface area contributed by atoms with Gasteiger partial charge in [0.25, 0.3) is 5.91 Å². The van der Waals surface area contributed by atoms with Crippen molar-refractivity contribution in [3.05, 3.63) is 47.7 Å². The average molecular weight is 530 g/mol. The predicted octanol–water partition coefficient (Wildman–Crippen LogP) is 4.67. The summed E-state index contributed by atoms with van der Waals surface area (Å²) >= 11 is 0. The van der Waals surface area contributed by atoms with Crippen molar-refractivity contribution >= 4 is 38.2 Å². The van der Waals surface area contributed by atoms with Crippen LogP contribution in [0.15, 0.2) is 36.4 Å². The molecule has 1 amide bonds. The lowest BCUT2D eigenvalue weighted by Gasteiger charge is -2.24. The van der Waals surface area contributed by atoms with Crippen molar-refractivity contribution in [1.29, 1.82) is 0 Å². The molecule has 0 spiro atoms. The number of aryl methyl sites for hydroxylation is 1. The van der Waals surface area contributed by atoms with E-state index < -0.39 is 10.0 Å².